The molecule has 4 atom stereocenters. The van der Waals surface area contributed by atoms with E-state index in [2.05, 4.69) is 10.2 Å². The van der Waals surface area contributed by atoms with Crippen LogP contribution in [0.25, 0.3) is 0 Å². The second-order valence-electron chi connectivity index (χ2n) is 6.72. The summed E-state index contributed by atoms with van der Waals surface area (Å²) in [5.74, 6) is 2.12. The van der Waals surface area contributed by atoms with Gasteiger partial charge in [-0.15, -0.1) is 0 Å². The minimum atomic E-state index is -0.0165. The second-order valence-corrected chi connectivity index (χ2v) is 6.72. The van der Waals surface area contributed by atoms with Crippen molar-refractivity contribution in [3.05, 3.63) is 23.8 Å². The topological polar surface area (TPSA) is 50.8 Å². The predicted molar refractivity (Wildman–Crippen MR) is 82.4 cm³/mol. The summed E-state index contributed by atoms with van der Waals surface area (Å²) in [7, 11) is 0. The van der Waals surface area contributed by atoms with E-state index in [0.29, 0.717) is 17.9 Å². The SMILES string of the molecule is C[C@@H]1COc2ccc(C(=O)N[C@@H]3C[C@H]4CCN(C4)C3)cc2O1. The summed E-state index contributed by atoms with van der Waals surface area (Å²) in [6.45, 7) is 5.87. The van der Waals surface area contributed by atoms with Crippen LogP contribution in [-0.2, 0) is 0 Å². The van der Waals surface area contributed by atoms with Crippen LogP contribution in [-0.4, -0.2) is 49.2 Å². The van der Waals surface area contributed by atoms with Gasteiger partial charge in [-0.05, 0) is 50.4 Å². The number of hydrogen-bond acceptors (Lipinski definition) is 4. The van der Waals surface area contributed by atoms with E-state index in [9.17, 15) is 4.79 Å². The lowest BCUT2D eigenvalue weighted by Gasteiger charge is -2.30. The smallest absolute Gasteiger partial charge is 0.251 e. The quantitative estimate of drug-likeness (QED) is 0.903. The summed E-state index contributed by atoms with van der Waals surface area (Å²) in [5.41, 5.74) is 0.643. The third-order valence-corrected chi connectivity index (χ3v) is 4.81. The largest absolute Gasteiger partial charge is 0.486 e. The Bertz CT molecular complexity index is 577. The van der Waals surface area contributed by atoms with E-state index in [1.807, 2.05) is 19.1 Å². The average molecular weight is 302 g/mol. The molecule has 0 radical (unpaired) electrons. The summed E-state index contributed by atoms with van der Waals surface area (Å²) in [6, 6.07) is 5.69. The molecule has 3 heterocycles. The third-order valence-electron chi connectivity index (χ3n) is 4.81. The van der Waals surface area contributed by atoms with Gasteiger partial charge in [-0.1, -0.05) is 0 Å². The van der Waals surface area contributed by atoms with Crippen LogP contribution in [0.4, 0.5) is 0 Å². The van der Waals surface area contributed by atoms with Gasteiger partial charge in [0.25, 0.3) is 5.91 Å². The van der Waals surface area contributed by atoms with E-state index in [1.165, 1.54) is 19.5 Å². The molecule has 1 aromatic carbocycles. The lowest BCUT2D eigenvalue weighted by molar-refractivity contribution is 0.0902. The molecule has 3 aliphatic rings. The van der Waals surface area contributed by atoms with Crippen molar-refractivity contribution in [1.82, 2.24) is 10.2 Å². The molecule has 118 valence electrons. The highest BCUT2D eigenvalue weighted by Crippen LogP contribution is 2.33. The first kappa shape index (κ1) is 13.9. The van der Waals surface area contributed by atoms with Crippen molar-refractivity contribution < 1.29 is 14.3 Å². The molecule has 1 aromatic rings. The standard InChI is InChI=1S/C17H22N2O3/c1-11-10-21-15-3-2-13(7-16(15)22-11)17(20)18-14-6-12-4-5-19(8-12)9-14/h2-3,7,11-12,14H,4-6,8-10H2,1H3,(H,18,20)/t11-,12-,14-/m1/s1. The van der Waals surface area contributed by atoms with Crippen molar-refractivity contribution in [3.8, 4) is 11.5 Å². The van der Waals surface area contributed by atoms with Crippen LogP contribution in [0.2, 0.25) is 0 Å². The van der Waals surface area contributed by atoms with Gasteiger partial charge in [0.05, 0.1) is 0 Å². The molecule has 0 aliphatic carbocycles. The lowest BCUT2D eigenvalue weighted by atomic mass is 9.96. The molecule has 0 saturated carbocycles. The monoisotopic (exact) mass is 302 g/mol. The molecule has 0 spiro atoms. The van der Waals surface area contributed by atoms with E-state index in [4.69, 9.17) is 9.47 Å². The molecule has 22 heavy (non-hydrogen) atoms. The van der Waals surface area contributed by atoms with Crippen LogP contribution >= 0.6 is 0 Å². The number of hydrogen-bond donors (Lipinski definition) is 1. The lowest BCUT2D eigenvalue weighted by Crippen LogP contribution is -2.47. The number of amides is 1. The first-order valence-corrected chi connectivity index (χ1v) is 8.14. The van der Waals surface area contributed by atoms with Gasteiger partial charge in [-0.3, -0.25) is 4.79 Å². The number of ether oxygens (including phenoxy) is 2. The summed E-state index contributed by atoms with van der Waals surface area (Å²) in [5, 5.41) is 3.18. The number of fused-ring (bicyclic) bond motifs is 3. The third kappa shape index (κ3) is 2.65. The van der Waals surface area contributed by atoms with E-state index in [-0.39, 0.29) is 18.1 Å². The van der Waals surface area contributed by atoms with Crippen LogP contribution in [0.1, 0.15) is 30.1 Å². The van der Waals surface area contributed by atoms with Crippen molar-refractivity contribution in [2.45, 2.75) is 31.9 Å². The molecule has 2 bridgehead atoms. The Kier molecular flexibility index (Phi) is 3.45. The van der Waals surface area contributed by atoms with E-state index in [1.54, 1.807) is 6.07 Å². The van der Waals surface area contributed by atoms with E-state index < -0.39 is 0 Å². The Morgan fingerprint density at radius 2 is 2.23 bits per heavy atom. The van der Waals surface area contributed by atoms with Crippen LogP contribution in [0, 0.1) is 5.92 Å². The molecule has 0 aromatic heterocycles. The summed E-state index contributed by atoms with van der Waals surface area (Å²) < 4.78 is 11.3. The predicted octanol–water partition coefficient (Wildman–Crippen LogP) is 1.67. The summed E-state index contributed by atoms with van der Waals surface area (Å²) in [6.07, 6.45) is 2.39. The minimum Gasteiger partial charge on any atom is -0.486 e. The second kappa shape index (κ2) is 5.47. The molecule has 1 amide bonds. The number of benzene rings is 1. The van der Waals surface area contributed by atoms with Crippen molar-refractivity contribution in [2.75, 3.05) is 26.2 Å². The zero-order valence-electron chi connectivity index (χ0n) is 12.9. The fourth-order valence-corrected chi connectivity index (χ4v) is 3.75. The van der Waals surface area contributed by atoms with E-state index in [0.717, 1.165) is 24.6 Å². The van der Waals surface area contributed by atoms with Gasteiger partial charge in [0.2, 0.25) is 0 Å². The van der Waals surface area contributed by atoms with Crippen molar-refractivity contribution in [2.24, 2.45) is 5.92 Å². The number of rotatable bonds is 2. The van der Waals surface area contributed by atoms with Crippen LogP contribution < -0.4 is 14.8 Å². The fourth-order valence-electron chi connectivity index (χ4n) is 3.75. The highest BCUT2D eigenvalue weighted by atomic mass is 16.6. The Morgan fingerprint density at radius 3 is 3.09 bits per heavy atom. The number of piperidine rings is 1. The first-order valence-electron chi connectivity index (χ1n) is 8.14. The molecule has 5 nitrogen and oxygen atoms in total. The molecular formula is C17H22N2O3. The molecule has 2 fully saturated rings. The van der Waals surface area contributed by atoms with Crippen LogP contribution in [0.5, 0.6) is 11.5 Å². The van der Waals surface area contributed by atoms with Crippen molar-refractivity contribution in [3.63, 3.8) is 0 Å². The van der Waals surface area contributed by atoms with Gasteiger partial charge >= 0.3 is 0 Å². The summed E-state index contributed by atoms with van der Waals surface area (Å²) >= 11 is 0. The highest BCUT2D eigenvalue weighted by Gasteiger charge is 2.33. The van der Waals surface area contributed by atoms with Crippen LogP contribution in [0.3, 0.4) is 0 Å². The Balaban J connectivity index is 1.45. The zero-order valence-corrected chi connectivity index (χ0v) is 12.9. The van der Waals surface area contributed by atoms with Gasteiger partial charge in [0, 0.05) is 24.7 Å². The van der Waals surface area contributed by atoms with Gasteiger partial charge in [0.1, 0.15) is 12.7 Å². The molecule has 1 N–H and O–H groups in total. The molecule has 3 aliphatic heterocycles. The molecule has 1 unspecified atom stereocenters. The average Bonchev–Trinajstić information content (AvgIpc) is 2.85. The molecule has 2 saturated heterocycles. The number of nitrogens with one attached hydrogen (secondary N) is 1. The van der Waals surface area contributed by atoms with Crippen molar-refractivity contribution >= 4 is 5.91 Å². The summed E-state index contributed by atoms with van der Waals surface area (Å²) in [4.78, 5) is 14.9. The normalized spacial score (nSPS) is 32.6. The number of carbonyl (C=O) groups excluding carboxylic acids is 1. The highest BCUT2D eigenvalue weighted by molar-refractivity contribution is 5.95. The van der Waals surface area contributed by atoms with Crippen LogP contribution in [0.15, 0.2) is 18.2 Å². The van der Waals surface area contributed by atoms with Gasteiger partial charge in [-0.2, -0.15) is 0 Å². The van der Waals surface area contributed by atoms with Gasteiger partial charge in [-0.25, -0.2) is 0 Å². The maximum Gasteiger partial charge on any atom is 0.251 e. The van der Waals surface area contributed by atoms with Gasteiger partial charge < -0.3 is 19.7 Å². The number of nitrogens with zero attached hydrogens (tertiary/aromatic N) is 1. The fraction of sp³-hybridized carbons (Fsp3) is 0.588. The van der Waals surface area contributed by atoms with Crippen molar-refractivity contribution in [1.29, 1.82) is 0 Å². The Morgan fingerprint density at radius 1 is 1.32 bits per heavy atom. The minimum absolute atomic E-state index is 0.0165. The maximum atomic E-state index is 12.5. The first-order chi connectivity index (χ1) is 10.7. The number of carbonyl (C=O) groups is 1. The molecular weight excluding hydrogens is 280 g/mol. The maximum absolute atomic E-state index is 12.5. The van der Waals surface area contributed by atoms with Gasteiger partial charge in [0.15, 0.2) is 11.5 Å². The zero-order chi connectivity index (χ0) is 15.1. The Labute approximate surface area is 130 Å². The Hall–Kier alpha value is -1.75. The molecule has 5 heteroatoms. The molecule has 4 rings (SSSR count). The van der Waals surface area contributed by atoms with E-state index >= 15 is 0 Å².